The van der Waals surface area contributed by atoms with Crippen LogP contribution in [0.5, 0.6) is 5.75 Å². The van der Waals surface area contributed by atoms with Crippen LogP contribution in [0.15, 0.2) is 30.3 Å². The number of nitrogens with one attached hydrogen (secondary N) is 2. The number of anilines is 2. The Morgan fingerprint density at radius 2 is 1.95 bits per heavy atom. The summed E-state index contributed by atoms with van der Waals surface area (Å²) >= 11 is 0. The van der Waals surface area contributed by atoms with Gasteiger partial charge in [0.15, 0.2) is 0 Å². The molecule has 216 valence electrons. The van der Waals surface area contributed by atoms with E-state index in [1.165, 1.54) is 12.1 Å². The maximum Gasteiger partial charge on any atom is 0.303 e. The van der Waals surface area contributed by atoms with Crippen molar-refractivity contribution in [3.63, 3.8) is 0 Å². The van der Waals surface area contributed by atoms with Crippen LogP contribution in [0.4, 0.5) is 24.7 Å². The average Bonchev–Trinajstić information content (AvgIpc) is 3.41. The number of nitrogens with zero attached hydrogens (tertiary/aromatic N) is 3. The zero-order valence-corrected chi connectivity index (χ0v) is 23.2. The van der Waals surface area contributed by atoms with E-state index in [1.54, 1.807) is 13.8 Å². The Kier molecular flexibility index (Phi) is 7.82. The Balaban J connectivity index is 1.54. The van der Waals surface area contributed by atoms with E-state index in [0.29, 0.717) is 41.5 Å². The Labute approximate surface area is 231 Å². The topological polar surface area (TPSA) is 91.8 Å². The molecule has 3 aromatic rings. The van der Waals surface area contributed by atoms with Gasteiger partial charge in [-0.05, 0) is 45.9 Å². The lowest BCUT2D eigenvalue weighted by molar-refractivity contribution is -0.170. The van der Waals surface area contributed by atoms with Crippen LogP contribution in [0.1, 0.15) is 50.2 Å². The van der Waals surface area contributed by atoms with Crippen molar-refractivity contribution in [2.24, 2.45) is 0 Å². The summed E-state index contributed by atoms with van der Waals surface area (Å²) in [7, 11) is 0. The molecule has 2 aliphatic heterocycles. The van der Waals surface area contributed by atoms with Crippen molar-refractivity contribution in [1.82, 2.24) is 15.3 Å². The van der Waals surface area contributed by atoms with E-state index in [4.69, 9.17) is 9.47 Å². The van der Waals surface area contributed by atoms with Crippen LogP contribution in [0.2, 0.25) is 0 Å². The van der Waals surface area contributed by atoms with E-state index in [-0.39, 0.29) is 11.7 Å². The molecule has 0 amide bonds. The van der Waals surface area contributed by atoms with Gasteiger partial charge >= 0.3 is 5.92 Å². The van der Waals surface area contributed by atoms with Crippen molar-refractivity contribution >= 4 is 22.4 Å². The van der Waals surface area contributed by atoms with Crippen molar-refractivity contribution in [3.8, 4) is 5.75 Å². The zero-order valence-electron chi connectivity index (χ0n) is 23.2. The van der Waals surface area contributed by atoms with Crippen LogP contribution in [-0.4, -0.2) is 66.2 Å². The molecule has 3 N–H and O–H groups in total. The van der Waals surface area contributed by atoms with Gasteiger partial charge in [0.05, 0.1) is 36.0 Å². The number of benzene rings is 2. The summed E-state index contributed by atoms with van der Waals surface area (Å²) < 4.78 is 57.2. The predicted molar refractivity (Wildman–Crippen MR) is 148 cm³/mol. The van der Waals surface area contributed by atoms with Gasteiger partial charge in [-0.25, -0.2) is 14.4 Å². The van der Waals surface area contributed by atoms with Crippen LogP contribution in [0, 0.1) is 12.7 Å². The number of rotatable bonds is 8. The SMILES string of the molecule is Cc1nc(N[C@H](C)c2cccc(C(F)(F)C(C)(C)O)c2F)c2cc(O[C@H]3CCOC3)c(N3CCNCC3)cc2n1. The molecule has 2 saturated heterocycles. The van der Waals surface area contributed by atoms with Gasteiger partial charge in [0, 0.05) is 43.5 Å². The van der Waals surface area contributed by atoms with E-state index >= 15 is 4.39 Å². The van der Waals surface area contributed by atoms with E-state index in [9.17, 15) is 13.9 Å². The van der Waals surface area contributed by atoms with Crippen LogP contribution < -0.4 is 20.3 Å². The van der Waals surface area contributed by atoms with Crippen LogP contribution in [-0.2, 0) is 10.7 Å². The van der Waals surface area contributed by atoms with Crippen molar-refractivity contribution in [3.05, 3.63) is 53.1 Å². The highest BCUT2D eigenvalue weighted by molar-refractivity contribution is 5.94. The molecule has 2 aliphatic rings. The van der Waals surface area contributed by atoms with Gasteiger partial charge in [-0.3, -0.25) is 0 Å². The number of hydrogen-bond donors (Lipinski definition) is 3. The third-order valence-corrected chi connectivity index (χ3v) is 7.48. The van der Waals surface area contributed by atoms with Gasteiger partial charge in [-0.2, -0.15) is 8.78 Å². The summed E-state index contributed by atoms with van der Waals surface area (Å²) in [4.78, 5) is 11.5. The second-order valence-corrected chi connectivity index (χ2v) is 11.0. The van der Waals surface area contributed by atoms with E-state index < -0.39 is 28.9 Å². The molecule has 0 spiro atoms. The maximum absolute atomic E-state index is 15.5. The fraction of sp³-hybridized carbons (Fsp3) is 0.517. The number of aromatic nitrogens is 2. The fourth-order valence-corrected chi connectivity index (χ4v) is 5.14. The molecule has 2 aromatic carbocycles. The Morgan fingerprint density at radius 1 is 1.20 bits per heavy atom. The molecule has 0 saturated carbocycles. The van der Waals surface area contributed by atoms with E-state index in [0.717, 1.165) is 58.2 Å². The zero-order chi connectivity index (χ0) is 28.7. The van der Waals surface area contributed by atoms with Crippen molar-refractivity contribution in [2.45, 2.75) is 57.8 Å². The molecule has 2 atom stereocenters. The highest BCUT2D eigenvalue weighted by atomic mass is 19.3. The summed E-state index contributed by atoms with van der Waals surface area (Å²) in [5.74, 6) is -3.23. The average molecular weight is 560 g/mol. The van der Waals surface area contributed by atoms with Crippen molar-refractivity contribution in [1.29, 1.82) is 0 Å². The number of piperazine rings is 1. The number of ether oxygens (including phenoxy) is 2. The fourth-order valence-electron chi connectivity index (χ4n) is 5.14. The minimum Gasteiger partial charge on any atom is -0.486 e. The van der Waals surface area contributed by atoms with E-state index in [1.807, 2.05) is 12.1 Å². The molecule has 40 heavy (non-hydrogen) atoms. The molecule has 8 nitrogen and oxygen atoms in total. The second-order valence-electron chi connectivity index (χ2n) is 11.0. The molecule has 2 fully saturated rings. The Morgan fingerprint density at radius 3 is 2.62 bits per heavy atom. The highest BCUT2D eigenvalue weighted by Crippen LogP contribution is 2.42. The van der Waals surface area contributed by atoms with Gasteiger partial charge in [-0.1, -0.05) is 12.1 Å². The maximum atomic E-state index is 15.5. The molecule has 5 rings (SSSR count). The van der Waals surface area contributed by atoms with Crippen LogP contribution in [0.3, 0.4) is 0 Å². The van der Waals surface area contributed by atoms with Gasteiger partial charge in [-0.15, -0.1) is 0 Å². The molecule has 1 aromatic heterocycles. The van der Waals surface area contributed by atoms with Gasteiger partial charge in [0.2, 0.25) is 0 Å². The standard InChI is InChI=1S/C29H36F3N5O3/c1-17(20-6-5-7-22(26(20)30)29(31,32)28(3,4)38)34-27-21-14-25(40-19-8-13-39-16-19)24(37-11-9-33-10-12-37)15-23(21)35-18(2)36-27/h5-7,14-15,17,19,33,38H,8-13,16H2,1-4H3,(H,34,35,36)/t17-,19+/m1/s1. The quantitative estimate of drug-likeness (QED) is 0.366. The number of halogens is 3. The predicted octanol–water partition coefficient (Wildman–Crippen LogP) is 4.69. The normalized spacial score (nSPS) is 19.2. The number of alkyl halides is 2. The third kappa shape index (κ3) is 5.55. The molecule has 3 heterocycles. The summed E-state index contributed by atoms with van der Waals surface area (Å²) in [5.41, 5.74) is -1.64. The minimum atomic E-state index is -3.79. The minimum absolute atomic E-state index is 0.0304. The lowest BCUT2D eigenvalue weighted by Gasteiger charge is -2.32. The van der Waals surface area contributed by atoms with Crippen molar-refractivity contribution in [2.75, 3.05) is 49.6 Å². The third-order valence-electron chi connectivity index (χ3n) is 7.48. The molecule has 0 bridgehead atoms. The molecular formula is C29H36F3N5O3. The lowest BCUT2D eigenvalue weighted by atomic mass is 9.91. The summed E-state index contributed by atoms with van der Waals surface area (Å²) in [6, 6.07) is 6.97. The molecule has 0 unspecified atom stereocenters. The first-order valence-electron chi connectivity index (χ1n) is 13.6. The molecular weight excluding hydrogens is 523 g/mol. The highest BCUT2D eigenvalue weighted by Gasteiger charge is 2.49. The number of hydrogen-bond acceptors (Lipinski definition) is 8. The summed E-state index contributed by atoms with van der Waals surface area (Å²) in [5, 5.41) is 17.3. The Bertz CT molecular complexity index is 1370. The lowest BCUT2D eigenvalue weighted by Crippen LogP contribution is -2.43. The summed E-state index contributed by atoms with van der Waals surface area (Å²) in [6.45, 7) is 9.87. The monoisotopic (exact) mass is 559 g/mol. The molecule has 11 heteroatoms. The molecule has 0 aliphatic carbocycles. The first-order chi connectivity index (χ1) is 19.0. The van der Waals surface area contributed by atoms with Gasteiger partial charge in [0.25, 0.3) is 0 Å². The van der Waals surface area contributed by atoms with E-state index in [2.05, 4.69) is 25.5 Å². The Hall–Kier alpha value is -3.15. The second kappa shape index (κ2) is 11.0. The number of aliphatic hydroxyl groups is 1. The van der Waals surface area contributed by atoms with Crippen LogP contribution in [0.25, 0.3) is 10.9 Å². The smallest absolute Gasteiger partial charge is 0.303 e. The van der Waals surface area contributed by atoms with Gasteiger partial charge in [0.1, 0.15) is 34.9 Å². The number of aryl methyl sites for hydroxylation is 1. The largest absolute Gasteiger partial charge is 0.486 e. The van der Waals surface area contributed by atoms with Crippen LogP contribution >= 0.6 is 0 Å². The van der Waals surface area contributed by atoms with Crippen molar-refractivity contribution < 1.29 is 27.8 Å². The number of fused-ring (bicyclic) bond motifs is 1. The van der Waals surface area contributed by atoms with Gasteiger partial charge < -0.3 is 30.1 Å². The first kappa shape index (κ1) is 28.4. The molecule has 0 radical (unpaired) electrons. The first-order valence-corrected chi connectivity index (χ1v) is 13.6. The summed E-state index contributed by atoms with van der Waals surface area (Å²) in [6.07, 6.45) is 0.714.